The molecule has 0 bridgehead atoms. The van der Waals surface area contributed by atoms with Gasteiger partial charge in [-0.3, -0.25) is 9.98 Å². The summed E-state index contributed by atoms with van der Waals surface area (Å²) >= 11 is 14.2. The van der Waals surface area contributed by atoms with Crippen molar-refractivity contribution in [2.24, 2.45) is 10.7 Å². The van der Waals surface area contributed by atoms with Crippen LogP contribution in [0.1, 0.15) is 46.2 Å². The minimum atomic E-state index is 0.201. The highest BCUT2D eigenvalue weighted by Gasteiger charge is 2.39. The van der Waals surface area contributed by atoms with Crippen molar-refractivity contribution in [2.45, 2.75) is 45.3 Å². The Morgan fingerprint density at radius 3 is 2.41 bits per heavy atom. The lowest BCUT2D eigenvalue weighted by atomic mass is 9.96. The summed E-state index contributed by atoms with van der Waals surface area (Å²) in [5.41, 5.74) is 6.99. The first-order valence-electron chi connectivity index (χ1n) is 9.86. The Kier molecular flexibility index (Phi) is 9.05. The first-order chi connectivity index (χ1) is 14.0. The quantitative estimate of drug-likeness (QED) is 0.603. The molecule has 1 aromatic heterocycles. The van der Waals surface area contributed by atoms with Crippen LogP contribution in [0.15, 0.2) is 45.8 Å². The molecule has 1 aromatic rings. The largest absolute Gasteiger partial charge is 0.405 e. The Bertz CT molecular complexity index is 803. The first-order valence-corrected chi connectivity index (χ1v) is 11.4. The van der Waals surface area contributed by atoms with Crippen molar-refractivity contribution in [3.05, 3.63) is 46.5 Å². The number of thioether (sulfide) groups is 1. The number of hydrogen-bond donors (Lipinski definition) is 1. The monoisotopic (exact) mass is 453 g/mol. The average Bonchev–Trinajstić information content (AvgIpc) is 3.13. The lowest BCUT2D eigenvalue weighted by Crippen LogP contribution is -2.43. The van der Waals surface area contributed by atoms with Crippen LogP contribution in [0, 0.1) is 0 Å². The standard InChI is InChI=1S/C19H23Cl2N5S.C2H6/c1-3-14(18(21)13(2)20)15-10-24-16(11-23-15)26-8-5-19(6-9-26)12-25-17(27-19)4-7-22;1-2/h3-4,7,10-11H,5-6,8-9,12,22H2,1-2H3;1-2H3/b7-4-,14-3-,18-13-;. The van der Waals surface area contributed by atoms with E-state index in [1.807, 2.05) is 50.9 Å². The Morgan fingerprint density at radius 1 is 1.21 bits per heavy atom. The molecule has 8 heteroatoms. The van der Waals surface area contributed by atoms with Crippen molar-refractivity contribution in [3.8, 4) is 0 Å². The van der Waals surface area contributed by atoms with Gasteiger partial charge >= 0.3 is 0 Å². The van der Waals surface area contributed by atoms with E-state index in [1.54, 1.807) is 19.3 Å². The summed E-state index contributed by atoms with van der Waals surface area (Å²) in [7, 11) is 0. The number of aromatic nitrogens is 2. The maximum absolute atomic E-state index is 6.28. The van der Waals surface area contributed by atoms with Gasteiger partial charge in [0.15, 0.2) is 0 Å². The molecule has 1 fully saturated rings. The molecule has 0 aliphatic carbocycles. The van der Waals surface area contributed by atoms with Crippen molar-refractivity contribution < 1.29 is 0 Å². The molecule has 3 heterocycles. The number of nitrogens with two attached hydrogens (primary N) is 1. The second-order valence-corrected chi connectivity index (χ2v) is 9.03. The SMILES string of the molecule is C/C=C(\C(Cl)=C(/C)Cl)c1cnc(N2CCC3(CC2)CN=C(/C=C\N)S3)cn1.CC. The smallest absolute Gasteiger partial charge is 0.147 e. The zero-order chi connectivity index (χ0) is 21.4. The van der Waals surface area contributed by atoms with Crippen LogP contribution in [0.3, 0.4) is 0 Å². The number of hydrogen-bond acceptors (Lipinski definition) is 6. The molecule has 3 rings (SSSR count). The number of aliphatic imine (C=N–C) groups is 1. The van der Waals surface area contributed by atoms with Gasteiger partial charge in [-0.15, -0.1) is 0 Å². The third-order valence-electron chi connectivity index (χ3n) is 4.82. The molecule has 29 heavy (non-hydrogen) atoms. The summed E-state index contributed by atoms with van der Waals surface area (Å²) in [5.74, 6) is 0.887. The van der Waals surface area contributed by atoms with Gasteiger partial charge in [0, 0.05) is 28.4 Å². The summed E-state index contributed by atoms with van der Waals surface area (Å²) in [6.07, 6.45) is 11.0. The molecule has 0 aromatic carbocycles. The van der Waals surface area contributed by atoms with E-state index in [4.69, 9.17) is 28.9 Å². The highest BCUT2D eigenvalue weighted by atomic mass is 35.5. The lowest BCUT2D eigenvalue weighted by Gasteiger charge is -2.38. The third-order valence-corrected chi connectivity index (χ3v) is 7.04. The predicted octanol–water partition coefficient (Wildman–Crippen LogP) is 5.57. The molecule has 0 saturated carbocycles. The van der Waals surface area contributed by atoms with Crippen LogP contribution in [-0.2, 0) is 0 Å². The van der Waals surface area contributed by atoms with Gasteiger partial charge in [-0.05, 0) is 39.0 Å². The summed E-state index contributed by atoms with van der Waals surface area (Å²) in [5, 5.41) is 2.08. The van der Waals surface area contributed by atoms with Gasteiger partial charge in [-0.2, -0.15) is 0 Å². The predicted molar refractivity (Wildman–Crippen MR) is 129 cm³/mol. The van der Waals surface area contributed by atoms with E-state index in [2.05, 4.69) is 19.9 Å². The van der Waals surface area contributed by atoms with Crippen LogP contribution in [0.5, 0.6) is 0 Å². The number of halogens is 2. The van der Waals surface area contributed by atoms with Crippen LogP contribution >= 0.6 is 35.0 Å². The molecular weight excluding hydrogens is 425 g/mol. The number of allylic oxidation sites excluding steroid dienone is 4. The Morgan fingerprint density at radius 2 is 1.90 bits per heavy atom. The van der Waals surface area contributed by atoms with Gasteiger partial charge in [0.05, 0.1) is 34.7 Å². The zero-order valence-corrected chi connectivity index (χ0v) is 19.8. The molecule has 0 radical (unpaired) electrons. The van der Waals surface area contributed by atoms with Gasteiger partial charge in [0.2, 0.25) is 0 Å². The fourth-order valence-electron chi connectivity index (χ4n) is 3.28. The van der Waals surface area contributed by atoms with Crippen molar-refractivity contribution in [2.75, 3.05) is 24.5 Å². The number of rotatable bonds is 4. The van der Waals surface area contributed by atoms with E-state index in [0.29, 0.717) is 10.1 Å². The van der Waals surface area contributed by atoms with E-state index in [0.717, 1.165) is 54.6 Å². The van der Waals surface area contributed by atoms with Crippen LogP contribution in [0.4, 0.5) is 5.82 Å². The van der Waals surface area contributed by atoms with E-state index in [1.165, 1.54) is 0 Å². The first kappa shape index (κ1) is 23.8. The minimum absolute atomic E-state index is 0.201. The van der Waals surface area contributed by atoms with Gasteiger partial charge in [0.25, 0.3) is 0 Å². The van der Waals surface area contributed by atoms with Gasteiger partial charge < -0.3 is 10.6 Å². The Hall–Kier alpha value is -1.50. The molecule has 0 atom stereocenters. The normalized spacial score (nSPS) is 19.7. The number of nitrogens with zero attached hydrogens (tertiary/aromatic N) is 4. The van der Waals surface area contributed by atoms with Crippen molar-refractivity contribution >= 4 is 51.4 Å². The number of piperidine rings is 1. The van der Waals surface area contributed by atoms with Crippen molar-refractivity contribution in [1.82, 2.24) is 9.97 Å². The maximum Gasteiger partial charge on any atom is 0.147 e. The molecular formula is C21H29Cl2N5S. The molecule has 158 valence electrons. The molecule has 0 amide bonds. The topological polar surface area (TPSA) is 67.4 Å². The highest BCUT2D eigenvalue weighted by Crippen LogP contribution is 2.42. The van der Waals surface area contributed by atoms with E-state index < -0.39 is 0 Å². The molecule has 0 unspecified atom stereocenters. The van der Waals surface area contributed by atoms with E-state index in [9.17, 15) is 0 Å². The summed E-state index contributed by atoms with van der Waals surface area (Å²) in [6.45, 7) is 10.4. The Labute approximate surface area is 188 Å². The average molecular weight is 454 g/mol. The van der Waals surface area contributed by atoms with Crippen LogP contribution in [0.25, 0.3) is 5.57 Å². The minimum Gasteiger partial charge on any atom is -0.405 e. The van der Waals surface area contributed by atoms with Gasteiger partial charge in [-0.25, -0.2) is 4.98 Å². The number of anilines is 1. The fourth-order valence-corrected chi connectivity index (χ4v) is 4.82. The Balaban J connectivity index is 0.00000145. The molecule has 2 N–H and O–H groups in total. The third kappa shape index (κ3) is 5.77. The molecule has 5 nitrogen and oxygen atoms in total. The highest BCUT2D eigenvalue weighted by molar-refractivity contribution is 8.15. The van der Waals surface area contributed by atoms with Crippen LogP contribution in [-0.4, -0.2) is 39.4 Å². The molecule has 1 saturated heterocycles. The second kappa shape index (κ2) is 11.0. The lowest BCUT2D eigenvalue weighted by molar-refractivity contribution is 0.461. The van der Waals surface area contributed by atoms with Crippen molar-refractivity contribution in [1.29, 1.82) is 0 Å². The van der Waals surface area contributed by atoms with Crippen LogP contribution in [0.2, 0.25) is 0 Å². The zero-order valence-electron chi connectivity index (χ0n) is 17.5. The molecule has 2 aliphatic heterocycles. The fraction of sp³-hybridized carbons (Fsp3) is 0.476. The summed E-state index contributed by atoms with van der Waals surface area (Å²) < 4.78 is 0.201. The van der Waals surface area contributed by atoms with Gasteiger partial charge in [0.1, 0.15) is 5.82 Å². The van der Waals surface area contributed by atoms with Crippen LogP contribution < -0.4 is 10.6 Å². The molecule has 2 aliphatic rings. The van der Waals surface area contributed by atoms with E-state index in [-0.39, 0.29) is 4.75 Å². The summed E-state index contributed by atoms with van der Waals surface area (Å²) in [4.78, 5) is 16.0. The van der Waals surface area contributed by atoms with Gasteiger partial charge in [-0.1, -0.05) is 54.9 Å². The van der Waals surface area contributed by atoms with Crippen molar-refractivity contribution in [3.63, 3.8) is 0 Å². The summed E-state index contributed by atoms with van der Waals surface area (Å²) in [6, 6.07) is 0. The second-order valence-electron chi connectivity index (χ2n) is 6.60. The van der Waals surface area contributed by atoms with E-state index >= 15 is 0 Å². The maximum atomic E-state index is 6.28. The molecule has 1 spiro atoms.